The maximum absolute atomic E-state index is 12.9. The number of aryl methyl sites for hydroxylation is 1. The number of halogens is 2. The molecular formula is C21H18BrClN2O3S. The minimum Gasteiger partial charge on any atom is -0.506 e. The van der Waals surface area contributed by atoms with E-state index >= 15 is 0 Å². The van der Waals surface area contributed by atoms with Gasteiger partial charge in [-0.1, -0.05) is 41.9 Å². The van der Waals surface area contributed by atoms with Gasteiger partial charge in [-0.25, -0.2) is 0 Å². The Kier molecular flexibility index (Phi) is 6.31. The number of nitrogens with one attached hydrogen (secondary N) is 1. The molecule has 3 aromatic carbocycles. The second-order valence-corrected chi connectivity index (χ2v) is 9.22. The topological polar surface area (TPSA) is 78.8 Å². The number of sulfonamides is 1. The molecule has 0 amide bonds. The summed E-state index contributed by atoms with van der Waals surface area (Å²) in [7, 11) is -3.98. The minimum absolute atomic E-state index is 0.0388. The maximum atomic E-state index is 12.9. The van der Waals surface area contributed by atoms with E-state index in [0.717, 1.165) is 5.56 Å². The highest BCUT2D eigenvalue weighted by atomic mass is 79.9. The zero-order chi connectivity index (χ0) is 21.2. The normalized spacial score (nSPS) is 12.1. The summed E-state index contributed by atoms with van der Waals surface area (Å²) in [5.41, 5.74) is 2.59. The third-order valence-corrected chi connectivity index (χ3v) is 6.81. The first kappa shape index (κ1) is 21.4. The van der Waals surface area contributed by atoms with E-state index in [0.29, 0.717) is 26.3 Å². The lowest BCUT2D eigenvalue weighted by molar-refractivity contribution is 0.467. The molecule has 5 nitrogen and oxygen atoms in total. The Hall–Kier alpha value is -2.35. The highest BCUT2D eigenvalue weighted by Crippen LogP contribution is 2.36. The number of hydrogen-bond acceptors (Lipinski definition) is 3. The number of rotatable bonds is 4. The van der Waals surface area contributed by atoms with E-state index in [4.69, 9.17) is 11.6 Å². The Morgan fingerprint density at radius 3 is 2.31 bits per heavy atom. The lowest BCUT2D eigenvalue weighted by Gasteiger charge is -2.16. The Balaban J connectivity index is 2.12. The van der Waals surface area contributed by atoms with Crippen molar-refractivity contribution in [1.82, 2.24) is 0 Å². The monoisotopic (exact) mass is 492 g/mol. The molecule has 0 fully saturated rings. The number of hydrogen-bond donors (Lipinski definition) is 2. The van der Waals surface area contributed by atoms with E-state index in [1.807, 2.05) is 13.0 Å². The molecule has 3 aromatic rings. The van der Waals surface area contributed by atoms with Gasteiger partial charge < -0.3 is 10.4 Å². The average Bonchev–Trinajstić information content (AvgIpc) is 2.70. The Morgan fingerprint density at radius 1 is 1.07 bits per heavy atom. The van der Waals surface area contributed by atoms with Crippen molar-refractivity contribution in [2.45, 2.75) is 18.7 Å². The maximum Gasteiger partial charge on any atom is 0.284 e. The van der Waals surface area contributed by atoms with Crippen molar-refractivity contribution in [1.29, 1.82) is 0 Å². The molecule has 0 unspecified atom stereocenters. The number of nitrogens with zero attached hydrogens (tertiary/aromatic N) is 1. The largest absolute Gasteiger partial charge is 0.506 e. The molecule has 0 aliphatic heterocycles. The van der Waals surface area contributed by atoms with Gasteiger partial charge in [0, 0.05) is 16.3 Å². The second-order valence-electron chi connectivity index (χ2n) is 6.39. The highest BCUT2D eigenvalue weighted by molar-refractivity contribution is 9.10. The number of amidine groups is 1. The number of aromatic hydroxyl groups is 1. The van der Waals surface area contributed by atoms with Crippen molar-refractivity contribution >= 4 is 49.1 Å². The van der Waals surface area contributed by atoms with Crippen molar-refractivity contribution in [2.75, 3.05) is 5.32 Å². The van der Waals surface area contributed by atoms with Gasteiger partial charge in [-0.2, -0.15) is 8.42 Å². The van der Waals surface area contributed by atoms with Crippen LogP contribution in [-0.2, 0) is 10.0 Å². The minimum atomic E-state index is -3.98. The lowest BCUT2D eigenvalue weighted by atomic mass is 10.1. The molecule has 0 aromatic heterocycles. The summed E-state index contributed by atoms with van der Waals surface area (Å²) in [5.74, 6) is 0.306. The van der Waals surface area contributed by atoms with Crippen LogP contribution < -0.4 is 5.32 Å². The van der Waals surface area contributed by atoms with Gasteiger partial charge >= 0.3 is 0 Å². The molecule has 0 saturated carbocycles. The van der Waals surface area contributed by atoms with Crippen molar-refractivity contribution in [3.05, 3.63) is 86.8 Å². The van der Waals surface area contributed by atoms with E-state index in [1.54, 1.807) is 37.3 Å². The van der Waals surface area contributed by atoms with Gasteiger partial charge in [-0.3, -0.25) is 0 Å². The van der Waals surface area contributed by atoms with Crippen LogP contribution in [0.5, 0.6) is 5.75 Å². The van der Waals surface area contributed by atoms with E-state index in [2.05, 4.69) is 25.6 Å². The van der Waals surface area contributed by atoms with Crippen LogP contribution in [0.15, 0.2) is 74.4 Å². The summed E-state index contributed by atoms with van der Waals surface area (Å²) in [6.45, 7) is 3.57. The van der Waals surface area contributed by atoms with E-state index in [1.165, 1.54) is 24.3 Å². The quantitative estimate of drug-likeness (QED) is 0.279. The number of phenolic OH excluding ortho intramolecular Hbond substituents is 1. The van der Waals surface area contributed by atoms with Crippen molar-refractivity contribution in [3.8, 4) is 5.75 Å². The third kappa shape index (κ3) is 4.80. The summed E-state index contributed by atoms with van der Waals surface area (Å²) in [6.07, 6.45) is 0. The average molecular weight is 494 g/mol. The molecule has 0 saturated heterocycles. The summed E-state index contributed by atoms with van der Waals surface area (Å²) >= 11 is 9.23. The molecule has 29 heavy (non-hydrogen) atoms. The van der Waals surface area contributed by atoms with Crippen LogP contribution in [0, 0.1) is 13.8 Å². The molecule has 3 rings (SSSR count). The van der Waals surface area contributed by atoms with Crippen LogP contribution >= 0.6 is 27.5 Å². The van der Waals surface area contributed by atoms with Crippen LogP contribution in [0.25, 0.3) is 0 Å². The van der Waals surface area contributed by atoms with E-state index < -0.39 is 10.0 Å². The molecule has 150 valence electrons. The third-order valence-electron chi connectivity index (χ3n) is 4.30. The Bertz CT molecular complexity index is 1180. The fourth-order valence-electron chi connectivity index (χ4n) is 2.64. The summed E-state index contributed by atoms with van der Waals surface area (Å²) in [5, 5.41) is 13.7. The van der Waals surface area contributed by atoms with Crippen LogP contribution in [0.1, 0.15) is 16.7 Å². The van der Waals surface area contributed by atoms with Crippen LogP contribution in [0.4, 0.5) is 5.69 Å². The Morgan fingerprint density at radius 2 is 1.69 bits per heavy atom. The van der Waals surface area contributed by atoms with Gasteiger partial charge in [0.1, 0.15) is 5.75 Å². The highest BCUT2D eigenvalue weighted by Gasteiger charge is 2.18. The zero-order valence-electron chi connectivity index (χ0n) is 15.6. The smallest absolute Gasteiger partial charge is 0.284 e. The van der Waals surface area contributed by atoms with Crippen molar-refractivity contribution in [2.24, 2.45) is 4.40 Å². The van der Waals surface area contributed by atoms with Gasteiger partial charge in [-0.05, 0) is 71.2 Å². The van der Waals surface area contributed by atoms with E-state index in [-0.39, 0.29) is 16.5 Å². The van der Waals surface area contributed by atoms with Gasteiger partial charge in [-0.15, -0.1) is 4.40 Å². The summed E-state index contributed by atoms with van der Waals surface area (Å²) < 4.78 is 30.3. The standard InChI is InChI=1S/C21H18BrClN2O3S/c1-13-12-18(14(2)19(22)20(13)26)24-21(15-6-4-3-5-7-15)25-29(27,28)17-10-8-16(23)9-11-17/h3-12,26H,1-2H3,(H,24,25). The first-order chi connectivity index (χ1) is 13.7. The molecule has 0 aliphatic rings. The molecule has 8 heteroatoms. The van der Waals surface area contributed by atoms with Gasteiger partial charge in [0.25, 0.3) is 10.0 Å². The molecule has 2 N–H and O–H groups in total. The van der Waals surface area contributed by atoms with Crippen LogP contribution in [-0.4, -0.2) is 19.4 Å². The molecule has 0 bridgehead atoms. The molecule has 0 radical (unpaired) electrons. The van der Waals surface area contributed by atoms with Gasteiger partial charge in [0.15, 0.2) is 5.84 Å². The molecule has 0 heterocycles. The predicted octanol–water partition coefficient (Wildman–Crippen LogP) is 5.67. The second kappa shape index (κ2) is 8.57. The molecule has 0 atom stereocenters. The fourth-order valence-corrected chi connectivity index (χ4v) is 4.27. The summed E-state index contributed by atoms with van der Waals surface area (Å²) in [4.78, 5) is 0.0388. The molecular weight excluding hydrogens is 476 g/mol. The van der Waals surface area contributed by atoms with E-state index in [9.17, 15) is 13.5 Å². The molecule has 0 spiro atoms. The van der Waals surface area contributed by atoms with Gasteiger partial charge in [0.05, 0.1) is 9.37 Å². The zero-order valence-corrected chi connectivity index (χ0v) is 18.8. The number of phenols is 1. The fraction of sp³-hybridized carbons (Fsp3) is 0.0952. The summed E-state index contributed by atoms with van der Waals surface area (Å²) in [6, 6.07) is 16.5. The Labute approximate surface area is 183 Å². The SMILES string of the molecule is Cc1cc(NC(=NS(=O)(=O)c2ccc(Cl)cc2)c2ccccc2)c(C)c(Br)c1O. The van der Waals surface area contributed by atoms with Crippen LogP contribution in [0.2, 0.25) is 5.02 Å². The first-order valence-corrected chi connectivity index (χ1v) is 11.2. The van der Waals surface area contributed by atoms with Crippen LogP contribution in [0.3, 0.4) is 0 Å². The van der Waals surface area contributed by atoms with Crippen molar-refractivity contribution < 1.29 is 13.5 Å². The first-order valence-electron chi connectivity index (χ1n) is 8.60. The van der Waals surface area contributed by atoms with Gasteiger partial charge in [0.2, 0.25) is 0 Å². The number of benzene rings is 3. The van der Waals surface area contributed by atoms with Crippen molar-refractivity contribution in [3.63, 3.8) is 0 Å². The predicted molar refractivity (Wildman–Crippen MR) is 121 cm³/mol. The molecule has 0 aliphatic carbocycles. The lowest BCUT2D eigenvalue weighted by Crippen LogP contribution is -2.17. The number of anilines is 1.